The van der Waals surface area contributed by atoms with Crippen LogP contribution in [-0.4, -0.2) is 16.6 Å². The van der Waals surface area contributed by atoms with Gasteiger partial charge in [0.05, 0.1) is 6.26 Å². The summed E-state index contributed by atoms with van der Waals surface area (Å²) in [4.78, 5) is 4.26. The average Bonchev–Trinajstić information content (AvgIpc) is 3.02. The van der Waals surface area contributed by atoms with Crippen LogP contribution in [0, 0.1) is 0 Å². The van der Waals surface area contributed by atoms with Gasteiger partial charge < -0.3 is 14.8 Å². The predicted molar refractivity (Wildman–Crippen MR) is 81.7 cm³/mol. The van der Waals surface area contributed by atoms with E-state index in [9.17, 15) is 5.11 Å². The molecule has 2 aromatic heterocycles. The van der Waals surface area contributed by atoms with Crippen LogP contribution in [0.25, 0.3) is 10.8 Å². The van der Waals surface area contributed by atoms with Crippen LogP contribution in [0.2, 0.25) is 0 Å². The van der Waals surface area contributed by atoms with Crippen LogP contribution < -0.4 is 5.32 Å². The number of nitrogens with zero attached hydrogens (tertiary/aromatic N) is 1. The number of rotatable bonds is 5. The van der Waals surface area contributed by atoms with Crippen molar-refractivity contribution in [3.05, 3.63) is 66.4 Å². The standard InChI is InChI=1S/C17H18N2O2/c1-17(20,16-7-4-8-21-16)12-19-11-14-10-18-9-13-5-2-3-6-15(13)14/h2-10,19-20H,11-12H2,1H3. The molecule has 0 spiro atoms. The van der Waals surface area contributed by atoms with Crippen molar-refractivity contribution in [2.45, 2.75) is 19.1 Å². The molecule has 0 aliphatic rings. The highest BCUT2D eigenvalue weighted by atomic mass is 16.4. The van der Waals surface area contributed by atoms with Gasteiger partial charge in [0.15, 0.2) is 0 Å². The third kappa shape index (κ3) is 2.96. The Bertz CT molecular complexity index is 715. The maximum Gasteiger partial charge on any atom is 0.136 e. The maximum absolute atomic E-state index is 10.4. The Kier molecular flexibility index (Phi) is 3.73. The van der Waals surface area contributed by atoms with E-state index < -0.39 is 5.60 Å². The number of aromatic nitrogens is 1. The van der Waals surface area contributed by atoms with Crippen LogP contribution in [-0.2, 0) is 12.1 Å². The van der Waals surface area contributed by atoms with Gasteiger partial charge in [-0.25, -0.2) is 0 Å². The van der Waals surface area contributed by atoms with Crippen LogP contribution in [0.1, 0.15) is 18.2 Å². The highest BCUT2D eigenvalue weighted by molar-refractivity contribution is 5.84. The highest BCUT2D eigenvalue weighted by Gasteiger charge is 2.25. The van der Waals surface area contributed by atoms with Gasteiger partial charge in [0.25, 0.3) is 0 Å². The molecule has 3 aromatic rings. The van der Waals surface area contributed by atoms with E-state index >= 15 is 0 Å². The van der Waals surface area contributed by atoms with Crippen molar-refractivity contribution in [2.75, 3.05) is 6.54 Å². The summed E-state index contributed by atoms with van der Waals surface area (Å²) in [6, 6.07) is 11.7. The lowest BCUT2D eigenvalue weighted by Gasteiger charge is -2.21. The minimum absolute atomic E-state index is 0.406. The molecule has 0 aliphatic carbocycles. The van der Waals surface area contributed by atoms with Gasteiger partial charge in [-0.15, -0.1) is 0 Å². The Balaban J connectivity index is 1.70. The van der Waals surface area contributed by atoms with Crippen molar-refractivity contribution in [3.8, 4) is 0 Å². The molecule has 4 heteroatoms. The number of pyridine rings is 1. The SMILES string of the molecule is CC(O)(CNCc1cncc2ccccc12)c1ccco1. The first-order valence-electron chi connectivity index (χ1n) is 6.95. The second-order valence-corrected chi connectivity index (χ2v) is 5.37. The summed E-state index contributed by atoms with van der Waals surface area (Å²) in [5.41, 5.74) is 0.0879. The molecular formula is C17H18N2O2. The van der Waals surface area contributed by atoms with E-state index in [-0.39, 0.29) is 0 Å². The Hall–Kier alpha value is -2.17. The first kappa shape index (κ1) is 13.8. The molecule has 0 aliphatic heterocycles. The number of hydrogen-bond donors (Lipinski definition) is 2. The van der Waals surface area contributed by atoms with E-state index in [1.165, 1.54) is 5.39 Å². The Morgan fingerprint density at radius 3 is 2.86 bits per heavy atom. The van der Waals surface area contributed by atoms with Crippen LogP contribution >= 0.6 is 0 Å². The van der Waals surface area contributed by atoms with Crippen LogP contribution in [0.4, 0.5) is 0 Å². The van der Waals surface area contributed by atoms with Crippen molar-refractivity contribution in [1.29, 1.82) is 0 Å². The summed E-state index contributed by atoms with van der Waals surface area (Å²) >= 11 is 0. The van der Waals surface area contributed by atoms with Gasteiger partial charge in [-0.3, -0.25) is 4.98 Å². The Morgan fingerprint density at radius 2 is 2.05 bits per heavy atom. The summed E-state index contributed by atoms with van der Waals surface area (Å²) in [7, 11) is 0. The van der Waals surface area contributed by atoms with Crippen LogP contribution in [0.5, 0.6) is 0 Å². The van der Waals surface area contributed by atoms with Gasteiger partial charge in [-0.05, 0) is 30.0 Å². The summed E-state index contributed by atoms with van der Waals surface area (Å²) in [5.74, 6) is 0.561. The molecule has 0 saturated heterocycles. The lowest BCUT2D eigenvalue weighted by atomic mass is 10.0. The first-order valence-corrected chi connectivity index (χ1v) is 6.95. The first-order chi connectivity index (χ1) is 10.2. The zero-order valence-electron chi connectivity index (χ0n) is 11.9. The fourth-order valence-electron chi connectivity index (χ4n) is 2.43. The summed E-state index contributed by atoms with van der Waals surface area (Å²) < 4.78 is 5.27. The molecule has 2 N–H and O–H groups in total. The van der Waals surface area contributed by atoms with E-state index in [2.05, 4.69) is 16.4 Å². The molecule has 108 valence electrons. The number of furan rings is 1. The normalized spacial score (nSPS) is 14.2. The quantitative estimate of drug-likeness (QED) is 0.755. The number of fused-ring (bicyclic) bond motifs is 1. The lowest BCUT2D eigenvalue weighted by molar-refractivity contribution is 0.0340. The molecule has 0 saturated carbocycles. The summed E-state index contributed by atoms with van der Waals surface area (Å²) in [6.07, 6.45) is 5.28. The molecule has 0 amide bonds. The van der Waals surface area contributed by atoms with Gasteiger partial charge in [0, 0.05) is 30.9 Å². The van der Waals surface area contributed by atoms with E-state index in [0.29, 0.717) is 18.8 Å². The highest BCUT2D eigenvalue weighted by Crippen LogP contribution is 2.21. The second-order valence-electron chi connectivity index (χ2n) is 5.37. The van der Waals surface area contributed by atoms with Gasteiger partial charge in [0.2, 0.25) is 0 Å². The smallest absolute Gasteiger partial charge is 0.136 e. The van der Waals surface area contributed by atoms with Crippen LogP contribution in [0.3, 0.4) is 0 Å². The number of benzene rings is 1. The van der Waals surface area contributed by atoms with Gasteiger partial charge in [-0.2, -0.15) is 0 Å². The molecule has 0 fully saturated rings. The van der Waals surface area contributed by atoms with E-state index in [1.807, 2.05) is 30.6 Å². The maximum atomic E-state index is 10.4. The molecule has 3 rings (SSSR count). The minimum atomic E-state index is -1.03. The molecular weight excluding hydrogens is 264 g/mol. The monoisotopic (exact) mass is 282 g/mol. The fourth-order valence-corrected chi connectivity index (χ4v) is 2.43. The molecule has 4 nitrogen and oxygen atoms in total. The lowest BCUT2D eigenvalue weighted by Crippen LogP contribution is -2.34. The summed E-state index contributed by atoms with van der Waals surface area (Å²) in [5, 5.41) is 16.0. The molecule has 1 atom stereocenters. The predicted octanol–water partition coefficient (Wildman–Crippen LogP) is 2.83. The molecule has 21 heavy (non-hydrogen) atoms. The molecule has 0 radical (unpaired) electrons. The van der Waals surface area contributed by atoms with E-state index in [1.54, 1.807) is 25.3 Å². The fraction of sp³-hybridized carbons (Fsp3) is 0.235. The number of aliphatic hydroxyl groups is 1. The summed E-state index contributed by atoms with van der Waals surface area (Å²) in [6.45, 7) is 2.79. The van der Waals surface area contributed by atoms with Crippen molar-refractivity contribution < 1.29 is 9.52 Å². The zero-order chi connectivity index (χ0) is 14.7. The van der Waals surface area contributed by atoms with Crippen molar-refractivity contribution >= 4 is 10.8 Å². The minimum Gasteiger partial charge on any atom is -0.466 e. The molecule has 2 heterocycles. The third-order valence-corrected chi connectivity index (χ3v) is 3.59. The zero-order valence-corrected chi connectivity index (χ0v) is 11.9. The Morgan fingerprint density at radius 1 is 1.19 bits per heavy atom. The molecule has 1 unspecified atom stereocenters. The molecule has 1 aromatic carbocycles. The Labute approximate surface area is 123 Å². The van der Waals surface area contributed by atoms with Gasteiger partial charge >= 0.3 is 0 Å². The van der Waals surface area contributed by atoms with Gasteiger partial charge in [-0.1, -0.05) is 24.3 Å². The van der Waals surface area contributed by atoms with Crippen molar-refractivity contribution in [3.63, 3.8) is 0 Å². The van der Waals surface area contributed by atoms with E-state index in [0.717, 1.165) is 10.9 Å². The van der Waals surface area contributed by atoms with E-state index in [4.69, 9.17) is 4.42 Å². The largest absolute Gasteiger partial charge is 0.466 e. The number of nitrogens with one attached hydrogen (secondary N) is 1. The van der Waals surface area contributed by atoms with Crippen molar-refractivity contribution in [1.82, 2.24) is 10.3 Å². The third-order valence-electron chi connectivity index (χ3n) is 3.59. The van der Waals surface area contributed by atoms with Gasteiger partial charge in [0.1, 0.15) is 11.4 Å². The van der Waals surface area contributed by atoms with Crippen LogP contribution in [0.15, 0.2) is 59.5 Å². The van der Waals surface area contributed by atoms with Crippen molar-refractivity contribution in [2.24, 2.45) is 0 Å². The average molecular weight is 282 g/mol. The number of hydrogen-bond acceptors (Lipinski definition) is 4. The molecule has 0 bridgehead atoms. The second kappa shape index (κ2) is 5.68. The topological polar surface area (TPSA) is 58.3 Å².